The molecule has 0 bridgehead atoms. The first-order valence-corrected chi connectivity index (χ1v) is 38.6. The topological polar surface area (TPSA) is 237 Å². The van der Waals surface area contributed by atoms with Crippen molar-refractivity contribution < 1.29 is 80.2 Å². The van der Waals surface area contributed by atoms with Gasteiger partial charge in [-0.3, -0.25) is 37.3 Å². The van der Waals surface area contributed by atoms with Gasteiger partial charge in [-0.25, -0.2) is 9.13 Å². The van der Waals surface area contributed by atoms with Crippen molar-refractivity contribution in [2.24, 2.45) is 5.92 Å². The van der Waals surface area contributed by atoms with Crippen LogP contribution in [0.4, 0.5) is 0 Å². The number of phosphoric acid groups is 2. The lowest BCUT2D eigenvalue weighted by atomic mass is 10.0. The van der Waals surface area contributed by atoms with Crippen LogP contribution in [0.15, 0.2) is 0 Å². The fourth-order valence-corrected chi connectivity index (χ4v) is 11.9. The van der Waals surface area contributed by atoms with Gasteiger partial charge in [0, 0.05) is 25.7 Å². The van der Waals surface area contributed by atoms with Gasteiger partial charge >= 0.3 is 39.5 Å². The summed E-state index contributed by atoms with van der Waals surface area (Å²) in [5.74, 6) is -1.37. The molecule has 5 atom stereocenters. The van der Waals surface area contributed by atoms with E-state index in [1.165, 1.54) is 167 Å². The molecule has 516 valence electrons. The van der Waals surface area contributed by atoms with Crippen molar-refractivity contribution in [3.8, 4) is 0 Å². The Morgan fingerprint density at radius 3 is 0.782 bits per heavy atom. The van der Waals surface area contributed by atoms with Crippen LogP contribution in [-0.2, 0) is 65.4 Å². The molecule has 0 heterocycles. The van der Waals surface area contributed by atoms with E-state index in [9.17, 15) is 43.2 Å². The third-order valence-corrected chi connectivity index (χ3v) is 17.7. The largest absolute Gasteiger partial charge is 0.472 e. The number of phosphoric ester groups is 2. The SMILES string of the molecule is CCCCCCCCCCCCCCCCCCCCCCCCC(=O)O[C@H](COC(=O)CCCCCCCCCCCCCCC(C)C)COP(=O)(O)OC[C@@H](O)COP(=O)(O)OC[C@@H](COC(=O)CCCCCCC)OC(=O)CCCCCCC. The molecule has 0 amide bonds. The minimum atomic E-state index is -4.94. The van der Waals surface area contributed by atoms with Crippen LogP contribution in [0.5, 0.6) is 0 Å². The Morgan fingerprint density at radius 1 is 0.310 bits per heavy atom. The molecule has 0 aromatic rings. The molecule has 0 radical (unpaired) electrons. The van der Waals surface area contributed by atoms with E-state index < -0.39 is 97.5 Å². The van der Waals surface area contributed by atoms with Crippen molar-refractivity contribution in [2.45, 2.75) is 368 Å². The highest BCUT2D eigenvalue weighted by molar-refractivity contribution is 7.47. The molecule has 2 unspecified atom stereocenters. The highest BCUT2D eigenvalue weighted by atomic mass is 31.2. The van der Waals surface area contributed by atoms with Crippen molar-refractivity contribution in [3.63, 3.8) is 0 Å². The van der Waals surface area contributed by atoms with Crippen LogP contribution in [0.25, 0.3) is 0 Å². The summed E-state index contributed by atoms with van der Waals surface area (Å²) in [6.45, 7) is 7.05. The number of carbonyl (C=O) groups is 4. The Labute approximate surface area is 530 Å². The van der Waals surface area contributed by atoms with E-state index in [4.69, 9.17) is 37.0 Å². The van der Waals surface area contributed by atoms with E-state index >= 15 is 0 Å². The second-order valence-electron chi connectivity index (χ2n) is 25.0. The molecule has 3 N–H and O–H groups in total. The molecule has 0 saturated heterocycles. The highest BCUT2D eigenvalue weighted by Crippen LogP contribution is 2.45. The fraction of sp³-hybridized carbons (Fsp3) is 0.941. The van der Waals surface area contributed by atoms with Crippen LogP contribution in [0, 0.1) is 5.92 Å². The fourth-order valence-electron chi connectivity index (χ4n) is 10.3. The quantitative estimate of drug-likeness (QED) is 0.0222. The average Bonchev–Trinajstić information content (AvgIpc) is 3.70. The van der Waals surface area contributed by atoms with Crippen LogP contribution in [0.2, 0.25) is 0 Å². The minimum Gasteiger partial charge on any atom is -0.462 e. The Bertz CT molecular complexity index is 1690. The lowest BCUT2D eigenvalue weighted by Crippen LogP contribution is -2.30. The number of aliphatic hydroxyl groups excluding tert-OH is 1. The van der Waals surface area contributed by atoms with E-state index in [0.29, 0.717) is 25.7 Å². The summed E-state index contributed by atoms with van der Waals surface area (Å²) in [5.41, 5.74) is 0. The van der Waals surface area contributed by atoms with Gasteiger partial charge in [-0.05, 0) is 31.6 Å². The Kier molecular flexibility index (Phi) is 60.2. The van der Waals surface area contributed by atoms with Gasteiger partial charge in [-0.15, -0.1) is 0 Å². The molecule has 19 heteroatoms. The number of unbranched alkanes of at least 4 members (excludes halogenated alkanes) is 40. The lowest BCUT2D eigenvalue weighted by Gasteiger charge is -2.21. The zero-order valence-corrected chi connectivity index (χ0v) is 57.9. The van der Waals surface area contributed by atoms with Crippen LogP contribution >= 0.6 is 15.6 Å². The van der Waals surface area contributed by atoms with Crippen LogP contribution in [-0.4, -0.2) is 96.7 Å². The van der Waals surface area contributed by atoms with Crippen LogP contribution in [0.3, 0.4) is 0 Å². The highest BCUT2D eigenvalue weighted by Gasteiger charge is 2.30. The van der Waals surface area contributed by atoms with Gasteiger partial charge in [-0.1, -0.05) is 298 Å². The maximum absolute atomic E-state index is 13.0. The molecule has 0 aliphatic heterocycles. The summed E-state index contributed by atoms with van der Waals surface area (Å²) in [7, 11) is -9.87. The number of ether oxygens (including phenoxy) is 4. The second kappa shape index (κ2) is 61.6. The number of hydrogen-bond donors (Lipinski definition) is 3. The Balaban J connectivity index is 5.03. The number of esters is 4. The third-order valence-electron chi connectivity index (χ3n) is 15.8. The molecule has 0 spiro atoms. The summed E-state index contributed by atoms with van der Waals surface area (Å²) in [4.78, 5) is 71.8. The van der Waals surface area contributed by atoms with E-state index in [1.54, 1.807) is 0 Å². The molecular formula is C68H132O17P2. The maximum Gasteiger partial charge on any atom is 0.472 e. The second-order valence-corrected chi connectivity index (χ2v) is 27.9. The number of rotatable bonds is 68. The van der Waals surface area contributed by atoms with E-state index in [2.05, 4.69) is 34.6 Å². The summed E-state index contributed by atoms with van der Waals surface area (Å²) >= 11 is 0. The smallest absolute Gasteiger partial charge is 0.462 e. The van der Waals surface area contributed by atoms with Gasteiger partial charge in [0.25, 0.3) is 0 Å². The van der Waals surface area contributed by atoms with Gasteiger partial charge in [0.05, 0.1) is 26.4 Å². The summed E-state index contributed by atoms with van der Waals surface area (Å²) in [6, 6.07) is 0. The molecule has 0 fully saturated rings. The number of aliphatic hydroxyl groups is 1. The van der Waals surface area contributed by atoms with Crippen molar-refractivity contribution >= 4 is 39.5 Å². The zero-order chi connectivity index (χ0) is 64.2. The first-order chi connectivity index (χ1) is 42.0. The molecule has 0 rings (SSSR count). The monoisotopic (exact) mass is 1280 g/mol. The van der Waals surface area contributed by atoms with Gasteiger partial charge in [0.1, 0.15) is 19.3 Å². The molecule has 0 aliphatic carbocycles. The van der Waals surface area contributed by atoms with Gasteiger partial charge in [0.15, 0.2) is 12.2 Å². The summed E-state index contributed by atoms with van der Waals surface area (Å²) in [6.07, 6.45) is 48.3. The number of carbonyl (C=O) groups excluding carboxylic acids is 4. The molecule has 87 heavy (non-hydrogen) atoms. The Hall–Kier alpha value is -1.94. The van der Waals surface area contributed by atoms with Crippen molar-refractivity contribution in [2.75, 3.05) is 39.6 Å². The predicted molar refractivity (Wildman–Crippen MR) is 349 cm³/mol. The molecule has 0 aromatic carbocycles. The van der Waals surface area contributed by atoms with Crippen molar-refractivity contribution in [3.05, 3.63) is 0 Å². The minimum absolute atomic E-state index is 0.0990. The maximum atomic E-state index is 13.0. The average molecular weight is 1280 g/mol. The standard InChI is InChI=1S/C68H132O17P2/c1-6-9-12-15-16-17-18-19-20-21-22-23-24-25-26-27-28-33-36-39-44-49-54-68(73)85-64(58-79-66(71)52-47-43-38-35-32-30-29-31-34-37-42-45-50-61(4)5)60-83-87(76,77)81-56-62(69)55-80-86(74,75)82-59-63(84-67(72)53-48-41-14-11-8-3)57-78-65(70)51-46-40-13-10-7-2/h61-64,69H,6-60H2,1-5H3,(H,74,75)(H,76,77)/t62-,63+,64+/m0/s1. The van der Waals surface area contributed by atoms with Crippen molar-refractivity contribution in [1.82, 2.24) is 0 Å². The zero-order valence-electron chi connectivity index (χ0n) is 56.2. The third kappa shape index (κ3) is 62.6. The van der Waals surface area contributed by atoms with Crippen molar-refractivity contribution in [1.29, 1.82) is 0 Å². The van der Waals surface area contributed by atoms with Crippen LogP contribution < -0.4 is 0 Å². The first kappa shape index (κ1) is 85.1. The molecule has 0 aliphatic rings. The van der Waals surface area contributed by atoms with Gasteiger partial charge in [0.2, 0.25) is 0 Å². The van der Waals surface area contributed by atoms with Crippen LogP contribution in [0.1, 0.15) is 349 Å². The Morgan fingerprint density at radius 2 is 0.529 bits per heavy atom. The normalized spacial score (nSPS) is 14.1. The van der Waals surface area contributed by atoms with E-state index in [-0.39, 0.29) is 25.7 Å². The molecule has 17 nitrogen and oxygen atoms in total. The van der Waals surface area contributed by atoms with Gasteiger partial charge < -0.3 is 33.8 Å². The molecular weight excluding hydrogens is 1150 g/mol. The van der Waals surface area contributed by atoms with E-state index in [1.807, 2.05) is 0 Å². The predicted octanol–water partition coefficient (Wildman–Crippen LogP) is 19.4. The number of hydrogen-bond acceptors (Lipinski definition) is 15. The summed E-state index contributed by atoms with van der Waals surface area (Å²) in [5, 5.41) is 10.5. The molecule has 0 aromatic heterocycles. The first-order valence-electron chi connectivity index (χ1n) is 35.6. The summed E-state index contributed by atoms with van der Waals surface area (Å²) < 4.78 is 67.7. The lowest BCUT2D eigenvalue weighted by molar-refractivity contribution is -0.161. The molecule has 0 saturated carbocycles. The van der Waals surface area contributed by atoms with Gasteiger partial charge in [-0.2, -0.15) is 0 Å². The van der Waals surface area contributed by atoms with E-state index in [0.717, 1.165) is 102 Å².